The molecule has 1 aromatic carbocycles. The minimum absolute atomic E-state index is 0.0908. The minimum Gasteiger partial charge on any atom is -0.491 e. The molecule has 0 radical (unpaired) electrons. The molecule has 23 heavy (non-hydrogen) atoms. The van der Waals surface area contributed by atoms with E-state index in [2.05, 4.69) is 0 Å². The molecule has 2 heterocycles. The van der Waals surface area contributed by atoms with E-state index in [-0.39, 0.29) is 23.7 Å². The molecule has 2 aromatic rings. The third-order valence-corrected chi connectivity index (χ3v) is 4.58. The van der Waals surface area contributed by atoms with Crippen LogP contribution in [0.4, 0.5) is 4.39 Å². The van der Waals surface area contributed by atoms with Crippen LogP contribution in [0.25, 0.3) is 0 Å². The van der Waals surface area contributed by atoms with Crippen molar-refractivity contribution in [1.29, 1.82) is 0 Å². The highest BCUT2D eigenvalue weighted by molar-refractivity contribution is 7.12. The van der Waals surface area contributed by atoms with Crippen LogP contribution < -0.4 is 4.74 Å². The van der Waals surface area contributed by atoms with Gasteiger partial charge in [-0.25, -0.2) is 9.18 Å². The zero-order chi connectivity index (χ0) is 16.4. The van der Waals surface area contributed by atoms with Gasteiger partial charge in [-0.05, 0) is 29.1 Å². The first-order valence-corrected chi connectivity index (χ1v) is 7.91. The number of carbonyl (C=O) groups excluding carboxylic acids is 1. The van der Waals surface area contributed by atoms with Gasteiger partial charge >= 0.3 is 5.97 Å². The number of benzene rings is 1. The van der Waals surface area contributed by atoms with E-state index in [1.807, 2.05) is 0 Å². The zero-order valence-corrected chi connectivity index (χ0v) is 12.9. The van der Waals surface area contributed by atoms with Crippen LogP contribution >= 0.6 is 11.3 Å². The summed E-state index contributed by atoms with van der Waals surface area (Å²) in [6, 6.07) is 6.09. The number of fused-ring (bicyclic) bond motifs is 1. The lowest BCUT2D eigenvalue weighted by Gasteiger charge is -2.19. The monoisotopic (exact) mass is 335 g/mol. The number of rotatable bonds is 3. The van der Waals surface area contributed by atoms with Crippen molar-refractivity contribution in [2.75, 3.05) is 13.2 Å². The molecule has 1 aromatic heterocycles. The molecule has 0 aliphatic carbocycles. The van der Waals surface area contributed by atoms with Gasteiger partial charge in [0.05, 0.1) is 19.5 Å². The fourth-order valence-electron chi connectivity index (χ4n) is 2.44. The van der Waals surface area contributed by atoms with Crippen LogP contribution in [0.3, 0.4) is 0 Å². The van der Waals surface area contributed by atoms with Crippen molar-refractivity contribution in [3.63, 3.8) is 0 Å². The number of carbonyl (C=O) groups is 2. The summed E-state index contributed by atoms with van der Waals surface area (Å²) >= 11 is 1.09. The number of carboxylic acids is 1. The summed E-state index contributed by atoms with van der Waals surface area (Å²) < 4.78 is 19.4. The summed E-state index contributed by atoms with van der Waals surface area (Å²) in [5.74, 6) is -1.12. The van der Waals surface area contributed by atoms with Gasteiger partial charge in [0, 0.05) is 5.56 Å². The zero-order valence-electron chi connectivity index (χ0n) is 12.1. The summed E-state index contributed by atoms with van der Waals surface area (Å²) in [4.78, 5) is 25.0. The van der Waals surface area contributed by atoms with Crippen molar-refractivity contribution in [2.24, 2.45) is 0 Å². The number of ether oxygens (including phenoxy) is 1. The largest absolute Gasteiger partial charge is 0.491 e. The van der Waals surface area contributed by atoms with E-state index in [1.54, 1.807) is 17.5 Å². The van der Waals surface area contributed by atoms with Crippen molar-refractivity contribution in [3.05, 3.63) is 51.5 Å². The molecule has 0 spiro atoms. The van der Waals surface area contributed by atoms with Crippen LogP contribution in [0.15, 0.2) is 29.6 Å². The second-order valence-corrected chi connectivity index (χ2v) is 6.09. The standard InChI is InChI=1S/C16H14FNO4S/c17-12-2-1-3-13-11(12)8-18(4-5-22-13)15(19)7-10-6-14(16(20)21)23-9-10/h1-3,6,9H,4-5,7-8H2,(H,20,21). The molecular formula is C16H14FNO4S. The first kappa shape index (κ1) is 15.5. The number of aromatic carboxylic acids is 1. The predicted molar refractivity (Wildman–Crippen MR) is 82.3 cm³/mol. The molecule has 0 saturated heterocycles. The average Bonchev–Trinajstić information content (AvgIpc) is 2.86. The van der Waals surface area contributed by atoms with Crippen molar-refractivity contribution in [2.45, 2.75) is 13.0 Å². The van der Waals surface area contributed by atoms with Gasteiger partial charge in [-0.2, -0.15) is 0 Å². The van der Waals surface area contributed by atoms with Crippen molar-refractivity contribution < 1.29 is 23.8 Å². The number of thiophene rings is 1. The molecule has 1 aliphatic heterocycles. The normalized spacial score (nSPS) is 13.9. The third kappa shape index (κ3) is 3.34. The lowest BCUT2D eigenvalue weighted by Crippen LogP contribution is -2.33. The van der Waals surface area contributed by atoms with Gasteiger partial charge in [0.2, 0.25) is 5.91 Å². The SMILES string of the molecule is O=C(O)c1cc(CC(=O)N2CCOc3cccc(F)c3C2)cs1. The van der Waals surface area contributed by atoms with E-state index in [4.69, 9.17) is 9.84 Å². The highest BCUT2D eigenvalue weighted by atomic mass is 32.1. The van der Waals surface area contributed by atoms with Gasteiger partial charge in [0.1, 0.15) is 23.1 Å². The Hall–Kier alpha value is -2.41. The Labute approximate surface area is 135 Å². The van der Waals surface area contributed by atoms with Gasteiger partial charge in [-0.15, -0.1) is 11.3 Å². The highest BCUT2D eigenvalue weighted by Crippen LogP contribution is 2.26. The second kappa shape index (κ2) is 6.37. The Morgan fingerprint density at radius 1 is 1.39 bits per heavy atom. The summed E-state index contributed by atoms with van der Waals surface area (Å²) in [7, 11) is 0. The highest BCUT2D eigenvalue weighted by Gasteiger charge is 2.22. The van der Waals surface area contributed by atoms with Crippen LogP contribution in [0.5, 0.6) is 5.75 Å². The number of amides is 1. The quantitative estimate of drug-likeness (QED) is 0.936. The number of hydrogen-bond acceptors (Lipinski definition) is 4. The first-order valence-electron chi connectivity index (χ1n) is 7.03. The molecule has 0 atom stereocenters. The Balaban J connectivity index is 1.74. The number of nitrogens with zero attached hydrogens (tertiary/aromatic N) is 1. The van der Waals surface area contributed by atoms with Crippen LogP contribution in [0.1, 0.15) is 20.8 Å². The fraction of sp³-hybridized carbons (Fsp3) is 0.250. The maximum atomic E-state index is 13.9. The van der Waals surface area contributed by atoms with E-state index >= 15 is 0 Å². The van der Waals surface area contributed by atoms with Gasteiger partial charge in [0.25, 0.3) is 0 Å². The minimum atomic E-state index is -1.01. The molecular weight excluding hydrogens is 321 g/mol. The summed E-state index contributed by atoms with van der Waals surface area (Å²) in [6.45, 7) is 0.811. The van der Waals surface area contributed by atoms with E-state index in [9.17, 15) is 14.0 Å². The Morgan fingerprint density at radius 2 is 2.22 bits per heavy atom. The first-order chi connectivity index (χ1) is 11.0. The van der Waals surface area contributed by atoms with Crippen LogP contribution in [-0.2, 0) is 17.8 Å². The maximum absolute atomic E-state index is 13.9. The predicted octanol–water partition coefficient (Wildman–Crippen LogP) is 2.55. The molecule has 1 amide bonds. The van der Waals surface area contributed by atoms with Crippen LogP contribution in [0.2, 0.25) is 0 Å². The summed E-state index contributed by atoms with van der Waals surface area (Å²) in [6.07, 6.45) is 0.0908. The topological polar surface area (TPSA) is 66.8 Å². The van der Waals surface area contributed by atoms with Crippen molar-refractivity contribution in [3.8, 4) is 5.75 Å². The molecule has 0 unspecified atom stereocenters. The van der Waals surface area contributed by atoms with Gasteiger partial charge < -0.3 is 14.7 Å². The van der Waals surface area contributed by atoms with E-state index in [1.165, 1.54) is 17.0 Å². The van der Waals surface area contributed by atoms with Crippen molar-refractivity contribution in [1.82, 2.24) is 4.90 Å². The number of carboxylic acid groups (broad SMARTS) is 1. The Kier molecular flexibility index (Phi) is 4.29. The molecule has 7 heteroatoms. The van der Waals surface area contributed by atoms with Gasteiger partial charge in [0.15, 0.2) is 0 Å². The number of hydrogen-bond donors (Lipinski definition) is 1. The third-order valence-electron chi connectivity index (χ3n) is 3.62. The number of halogens is 1. The molecule has 0 saturated carbocycles. The van der Waals surface area contributed by atoms with E-state index in [0.29, 0.717) is 30.0 Å². The molecule has 1 N–H and O–H groups in total. The van der Waals surface area contributed by atoms with E-state index < -0.39 is 11.8 Å². The Bertz CT molecular complexity index is 758. The summed E-state index contributed by atoms with van der Waals surface area (Å²) in [5.41, 5.74) is 1.02. The molecule has 0 bridgehead atoms. The molecule has 3 rings (SSSR count). The lowest BCUT2D eigenvalue weighted by atomic mass is 10.1. The van der Waals surface area contributed by atoms with Crippen LogP contribution in [0, 0.1) is 5.82 Å². The van der Waals surface area contributed by atoms with Crippen LogP contribution in [-0.4, -0.2) is 35.0 Å². The summed E-state index contributed by atoms with van der Waals surface area (Å²) in [5, 5.41) is 10.6. The van der Waals surface area contributed by atoms with Gasteiger partial charge in [-0.1, -0.05) is 6.07 Å². The molecule has 5 nitrogen and oxygen atoms in total. The average molecular weight is 335 g/mol. The lowest BCUT2D eigenvalue weighted by molar-refractivity contribution is -0.131. The molecule has 120 valence electrons. The fourth-order valence-corrected chi connectivity index (χ4v) is 3.19. The molecule has 1 aliphatic rings. The second-order valence-electron chi connectivity index (χ2n) is 5.18. The smallest absolute Gasteiger partial charge is 0.345 e. The van der Waals surface area contributed by atoms with Crippen molar-refractivity contribution >= 4 is 23.2 Å². The Morgan fingerprint density at radius 3 is 2.96 bits per heavy atom. The maximum Gasteiger partial charge on any atom is 0.345 e. The van der Waals surface area contributed by atoms with E-state index in [0.717, 1.165) is 11.3 Å². The molecule has 0 fully saturated rings. The van der Waals surface area contributed by atoms with Gasteiger partial charge in [-0.3, -0.25) is 4.79 Å².